The molecule has 0 unspecified atom stereocenters. The predicted molar refractivity (Wildman–Crippen MR) is 50.7 cm³/mol. The molecule has 14 heavy (non-hydrogen) atoms. The molecule has 1 heterocycles. The van der Waals surface area contributed by atoms with E-state index < -0.39 is 0 Å². The summed E-state index contributed by atoms with van der Waals surface area (Å²) in [5.74, 6) is 0.975. The molecule has 0 aromatic carbocycles. The van der Waals surface area contributed by atoms with Gasteiger partial charge in [-0.15, -0.1) is 5.10 Å². The SMILES string of the molecule is CO[C@H]1CCC[C@H](c2nnc(N)o2)C1. The van der Waals surface area contributed by atoms with Crippen molar-refractivity contribution in [2.75, 3.05) is 12.8 Å². The molecule has 1 aromatic rings. The summed E-state index contributed by atoms with van der Waals surface area (Å²) in [6.45, 7) is 0. The van der Waals surface area contributed by atoms with Gasteiger partial charge in [0.25, 0.3) is 0 Å². The predicted octanol–water partition coefficient (Wildman–Crippen LogP) is 1.32. The van der Waals surface area contributed by atoms with Gasteiger partial charge in [-0.25, -0.2) is 0 Å². The van der Waals surface area contributed by atoms with Crippen molar-refractivity contribution >= 4 is 6.01 Å². The first-order valence-corrected chi connectivity index (χ1v) is 4.91. The number of rotatable bonds is 2. The lowest BCUT2D eigenvalue weighted by Gasteiger charge is -2.25. The summed E-state index contributed by atoms with van der Waals surface area (Å²) >= 11 is 0. The molecule has 1 aliphatic carbocycles. The molecule has 2 rings (SSSR count). The molecule has 2 atom stereocenters. The second-order valence-corrected chi connectivity index (χ2v) is 3.70. The molecule has 1 aromatic heterocycles. The summed E-state index contributed by atoms with van der Waals surface area (Å²) in [5, 5.41) is 7.57. The minimum absolute atomic E-state index is 0.152. The van der Waals surface area contributed by atoms with E-state index in [1.54, 1.807) is 7.11 Å². The molecule has 78 valence electrons. The van der Waals surface area contributed by atoms with E-state index in [0.717, 1.165) is 25.7 Å². The lowest BCUT2D eigenvalue weighted by atomic mass is 9.87. The summed E-state index contributed by atoms with van der Waals surface area (Å²) in [5.41, 5.74) is 5.38. The molecular weight excluding hydrogens is 182 g/mol. The zero-order valence-corrected chi connectivity index (χ0v) is 8.27. The van der Waals surface area contributed by atoms with Crippen LogP contribution in [0.5, 0.6) is 0 Å². The molecule has 5 nitrogen and oxygen atoms in total. The Bertz CT molecular complexity index is 300. The Kier molecular flexibility index (Phi) is 2.67. The van der Waals surface area contributed by atoms with Crippen molar-refractivity contribution in [1.29, 1.82) is 0 Å². The summed E-state index contributed by atoms with van der Waals surface area (Å²) in [6, 6.07) is 0.152. The van der Waals surface area contributed by atoms with E-state index in [1.165, 1.54) is 0 Å². The number of hydrogen-bond donors (Lipinski definition) is 1. The Labute approximate surface area is 82.6 Å². The largest absolute Gasteiger partial charge is 0.408 e. The summed E-state index contributed by atoms with van der Waals surface area (Å²) < 4.78 is 10.5. The number of anilines is 1. The average Bonchev–Trinajstić information content (AvgIpc) is 2.65. The molecule has 0 bridgehead atoms. The van der Waals surface area contributed by atoms with Crippen molar-refractivity contribution in [3.8, 4) is 0 Å². The Balaban J connectivity index is 2.04. The fraction of sp³-hybridized carbons (Fsp3) is 0.778. The van der Waals surface area contributed by atoms with Crippen LogP contribution in [0, 0.1) is 0 Å². The van der Waals surface area contributed by atoms with Gasteiger partial charge >= 0.3 is 6.01 Å². The monoisotopic (exact) mass is 197 g/mol. The van der Waals surface area contributed by atoms with Crippen LogP contribution in [0.4, 0.5) is 6.01 Å². The third-order valence-corrected chi connectivity index (χ3v) is 2.76. The van der Waals surface area contributed by atoms with Gasteiger partial charge in [0.15, 0.2) is 0 Å². The fourth-order valence-electron chi connectivity index (χ4n) is 1.99. The van der Waals surface area contributed by atoms with E-state index in [-0.39, 0.29) is 6.01 Å². The number of nitrogens with zero attached hydrogens (tertiary/aromatic N) is 2. The van der Waals surface area contributed by atoms with E-state index in [2.05, 4.69) is 10.2 Å². The van der Waals surface area contributed by atoms with Gasteiger partial charge in [0.05, 0.1) is 6.10 Å². The highest BCUT2D eigenvalue weighted by Crippen LogP contribution is 2.33. The second-order valence-electron chi connectivity index (χ2n) is 3.70. The van der Waals surface area contributed by atoms with Gasteiger partial charge in [-0.1, -0.05) is 11.5 Å². The molecule has 0 saturated heterocycles. The van der Waals surface area contributed by atoms with Crippen molar-refractivity contribution in [1.82, 2.24) is 10.2 Å². The van der Waals surface area contributed by atoms with Gasteiger partial charge < -0.3 is 14.9 Å². The van der Waals surface area contributed by atoms with Crippen LogP contribution in [0.2, 0.25) is 0 Å². The number of hydrogen-bond acceptors (Lipinski definition) is 5. The highest BCUT2D eigenvalue weighted by atomic mass is 16.5. The van der Waals surface area contributed by atoms with E-state index in [1.807, 2.05) is 0 Å². The zero-order valence-electron chi connectivity index (χ0n) is 8.27. The normalized spacial score (nSPS) is 27.8. The second kappa shape index (κ2) is 3.96. The van der Waals surface area contributed by atoms with E-state index in [0.29, 0.717) is 17.9 Å². The molecule has 2 N–H and O–H groups in total. The minimum atomic E-state index is 0.152. The summed E-state index contributed by atoms with van der Waals surface area (Å²) in [4.78, 5) is 0. The Morgan fingerprint density at radius 1 is 1.43 bits per heavy atom. The van der Waals surface area contributed by atoms with E-state index in [9.17, 15) is 0 Å². The Morgan fingerprint density at radius 3 is 2.93 bits per heavy atom. The summed E-state index contributed by atoms with van der Waals surface area (Å²) in [6.07, 6.45) is 4.63. The third-order valence-electron chi connectivity index (χ3n) is 2.76. The average molecular weight is 197 g/mol. The van der Waals surface area contributed by atoms with Gasteiger partial charge in [-0.2, -0.15) is 0 Å². The van der Waals surface area contributed by atoms with E-state index in [4.69, 9.17) is 14.9 Å². The van der Waals surface area contributed by atoms with Crippen molar-refractivity contribution < 1.29 is 9.15 Å². The van der Waals surface area contributed by atoms with Crippen molar-refractivity contribution in [2.45, 2.75) is 37.7 Å². The van der Waals surface area contributed by atoms with Crippen LogP contribution >= 0.6 is 0 Å². The summed E-state index contributed by atoms with van der Waals surface area (Å²) in [7, 11) is 1.75. The molecular formula is C9H15N3O2. The van der Waals surface area contributed by atoms with Crippen LogP contribution in [0.3, 0.4) is 0 Å². The molecule has 0 spiro atoms. The zero-order chi connectivity index (χ0) is 9.97. The van der Waals surface area contributed by atoms with Gasteiger partial charge in [-0.3, -0.25) is 0 Å². The Hall–Kier alpha value is -1.10. The molecule has 0 aliphatic heterocycles. The topological polar surface area (TPSA) is 74.2 Å². The maximum absolute atomic E-state index is 5.38. The van der Waals surface area contributed by atoms with Crippen LogP contribution in [0.1, 0.15) is 37.5 Å². The first-order valence-electron chi connectivity index (χ1n) is 4.91. The number of aromatic nitrogens is 2. The van der Waals surface area contributed by atoms with Crippen LogP contribution in [-0.4, -0.2) is 23.4 Å². The first-order chi connectivity index (χ1) is 6.79. The van der Waals surface area contributed by atoms with E-state index >= 15 is 0 Å². The third kappa shape index (κ3) is 1.87. The van der Waals surface area contributed by atoms with Gasteiger partial charge in [0.2, 0.25) is 5.89 Å². The highest BCUT2D eigenvalue weighted by molar-refractivity contribution is 5.07. The maximum atomic E-state index is 5.38. The van der Waals surface area contributed by atoms with Crippen LogP contribution < -0.4 is 5.73 Å². The maximum Gasteiger partial charge on any atom is 0.312 e. The minimum Gasteiger partial charge on any atom is -0.408 e. The van der Waals surface area contributed by atoms with Crippen LogP contribution in [0.25, 0.3) is 0 Å². The number of ether oxygens (including phenoxy) is 1. The quantitative estimate of drug-likeness (QED) is 0.774. The Morgan fingerprint density at radius 2 is 2.29 bits per heavy atom. The first kappa shape index (κ1) is 9.45. The molecule has 0 radical (unpaired) electrons. The smallest absolute Gasteiger partial charge is 0.312 e. The van der Waals surface area contributed by atoms with Crippen LogP contribution in [-0.2, 0) is 4.74 Å². The number of methoxy groups -OCH3 is 1. The van der Waals surface area contributed by atoms with Crippen molar-refractivity contribution in [3.05, 3.63) is 5.89 Å². The van der Waals surface area contributed by atoms with Gasteiger partial charge in [0.1, 0.15) is 0 Å². The molecule has 5 heteroatoms. The van der Waals surface area contributed by atoms with Crippen molar-refractivity contribution in [2.24, 2.45) is 0 Å². The molecule has 1 fully saturated rings. The highest BCUT2D eigenvalue weighted by Gasteiger charge is 2.26. The van der Waals surface area contributed by atoms with Crippen molar-refractivity contribution in [3.63, 3.8) is 0 Å². The molecule has 0 amide bonds. The van der Waals surface area contributed by atoms with Crippen LogP contribution in [0.15, 0.2) is 4.42 Å². The lowest BCUT2D eigenvalue weighted by molar-refractivity contribution is 0.0599. The number of nitrogens with two attached hydrogens (primary N) is 1. The number of nitrogen functional groups attached to an aromatic ring is 1. The molecule has 1 aliphatic rings. The molecule has 1 saturated carbocycles. The van der Waals surface area contributed by atoms with Gasteiger partial charge in [-0.05, 0) is 19.3 Å². The van der Waals surface area contributed by atoms with Gasteiger partial charge in [0, 0.05) is 13.0 Å². The fourth-order valence-corrected chi connectivity index (χ4v) is 1.99. The lowest BCUT2D eigenvalue weighted by Crippen LogP contribution is -2.20. The standard InChI is InChI=1S/C9H15N3O2/c1-13-7-4-2-3-6(5-7)8-11-12-9(10)14-8/h6-7H,2-5H2,1H3,(H2,10,12)/t6-,7-/m0/s1.